The molecule has 1 unspecified atom stereocenters. The van der Waals surface area contributed by atoms with E-state index in [1.807, 2.05) is 23.1 Å². The number of nitrogens with one attached hydrogen (secondary N) is 1. The van der Waals surface area contributed by atoms with E-state index < -0.39 is 0 Å². The van der Waals surface area contributed by atoms with Gasteiger partial charge < -0.3 is 19.7 Å². The molecular formula is C20H28N4O3S2. The zero-order valence-electron chi connectivity index (χ0n) is 17.1. The number of thioether (sulfide) groups is 1. The first-order chi connectivity index (χ1) is 14.2. The highest BCUT2D eigenvalue weighted by atomic mass is 32.2. The Kier molecular flexibility index (Phi) is 8.00. The number of amides is 1. The van der Waals surface area contributed by atoms with Crippen LogP contribution in [0.2, 0.25) is 0 Å². The molecule has 1 atom stereocenters. The van der Waals surface area contributed by atoms with E-state index in [9.17, 15) is 4.79 Å². The van der Waals surface area contributed by atoms with E-state index >= 15 is 0 Å². The largest absolute Gasteiger partial charge is 0.497 e. The lowest BCUT2D eigenvalue weighted by Crippen LogP contribution is -2.32. The summed E-state index contributed by atoms with van der Waals surface area (Å²) in [6.45, 7) is 3.80. The standard InChI is InChI=1S/C20H28N4O3S2/c1-4-5-10-21-19-22-23-20(29-19)28-13-18(25)24-11-6-7-16(24)15-12-14(26-2)8-9-17(15)27-3/h8-9,12,16H,4-7,10-11,13H2,1-3H3,(H,21,22). The molecule has 1 N–H and O–H groups in total. The fraction of sp³-hybridized carbons (Fsp3) is 0.550. The van der Waals surface area contributed by atoms with Gasteiger partial charge in [0.1, 0.15) is 11.5 Å². The molecule has 158 valence electrons. The molecule has 1 fully saturated rings. The van der Waals surface area contributed by atoms with Gasteiger partial charge in [0.05, 0.1) is 26.0 Å². The van der Waals surface area contributed by atoms with Crippen molar-refractivity contribution >= 4 is 34.1 Å². The first-order valence-corrected chi connectivity index (χ1v) is 11.7. The molecular weight excluding hydrogens is 408 g/mol. The third-order valence-electron chi connectivity index (χ3n) is 4.90. The monoisotopic (exact) mass is 436 g/mol. The van der Waals surface area contributed by atoms with Gasteiger partial charge in [0.25, 0.3) is 0 Å². The fourth-order valence-corrected chi connectivity index (χ4v) is 5.07. The van der Waals surface area contributed by atoms with Crippen LogP contribution in [0.25, 0.3) is 0 Å². The summed E-state index contributed by atoms with van der Waals surface area (Å²) in [5.41, 5.74) is 1.00. The lowest BCUT2D eigenvalue weighted by Gasteiger charge is -2.26. The van der Waals surface area contributed by atoms with E-state index in [2.05, 4.69) is 22.4 Å². The van der Waals surface area contributed by atoms with Gasteiger partial charge in [-0.2, -0.15) is 0 Å². The average molecular weight is 437 g/mol. The molecule has 1 saturated heterocycles. The van der Waals surface area contributed by atoms with Crippen LogP contribution < -0.4 is 14.8 Å². The quantitative estimate of drug-likeness (QED) is 0.441. The van der Waals surface area contributed by atoms with Crippen LogP contribution in [-0.4, -0.2) is 54.1 Å². The number of ether oxygens (including phenoxy) is 2. The molecule has 1 aromatic heterocycles. The van der Waals surface area contributed by atoms with Crippen molar-refractivity contribution in [1.82, 2.24) is 15.1 Å². The van der Waals surface area contributed by atoms with Crippen molar-refractivity contribution in [1.29, 1.82) is 0 Å². The first-order valence-electron chi connectivity index (χ1n) is 9.87. The molecule has 9 heteroatoms. The van der Waals surface area contributed by atoms with Gasteiger partial charge in [-0.25, -0.2) is 0 Å². The fourth-order valence-electron chi connectivity index (χ4n) is 3.41. The number of unbranched alkanes of at least 4 members (excludes halogenated alkanes) is 1. The Morgan fingerprint density at radius 2 is 2.21 bits per heavy atom. The summed E-state index contributed by atoms with van der Waals surface area (Å²) >= 11 is 2.95. The molecule has 1 aliphatic heterocycles. The number of nitrogens with zero attached hydrogens (tertiary/aromatic N) is 3. The summed E-state index contributed by atoms with van der Waals surface area (Å²) in [6, 6.07) is 5.76. The second-order valence-electron chi connectivity index (χ2n) is 6.80. The summed E-state index contributed by atoms with van der Waals surface area (Å²) in [4.78, 5) is 14.9. The number of likely N-dealkylation sites (tertiary alicyclic amines) is 1. The number of aromatic nitrogens is 2. The van der Waals surface area contributed by atoms with Crippen LogP contribution in [-0.2, 0) is 4.79 Å². The summed E-state index contributed by atoms with van der Waals surface area (Å²) in [5, 5.41) is 12.4. The van der Waals surface area contributed by atoms with Gasteiger partial charge in [-0.3, -0.25) is 4.79 Å². The Morgan fingerprint density at radius 3 is 2.97 bits per heavy atom. The van der Waals surface area contributed by atoms with Gasteiger partial charge in [0, 0.05) is 18.7 Å². The molecule has 1 amide bonds. The molecule has 2 heterocycles. The van der Waals surface area contributed by atoms with Crippen LogP contribution in [0.15, 0.2) is 22.5 Å². The van der Waals surface area contributed by atoms with Crippen molar-refractivity contribution in [2.75, 3.05) is 38.4 Å². The second kappa shape index (κ2) is 10.7. The van der Waals surface area contributed by atoms with E-state index in [1.165, 1.54) is 23.1 Å². The van der Waals surface area contributed by atoms with Crippen molar-refractivity contribution in [3.05, 3.63) is 23.8 Å². The van der Waals surface area contributed by atoms with Gasteiger partial charge in [-0.05, 0) is 37.5 Å². The summed E-state index contributed by atoms with van der Waals surface area (Å²) in [7, 11) is 3.30. The minimum absolute atomic E-state index is 0.00819. The molecule has 0 aliphatic carbocycles. The number of carbonyl (C=O) groups excluding carboxylic acids is 1. The summed E-state index contributed by atoms with van der Waals surface area (Å²) in [5.74, 6) is 2.02. The molecule has 1 aliphatic rings. The third-order valence-corrected chi connectivity index (χ3v) is 6.90. The number of hydrogen-bond donors (Lipinski definition) is 1. The van der Waals surface area contributed by atoms with Crippen molar-refractivity contribution < 1.29 is 14.3 Å². The highest BCUT2D eigenvalue weighted by Gasteiger charge is 2.32. The van der Waals surface area contributed by atoms with E-state index in [1.54, 1.807) is 14.2 Å². The Labute approximate surface area is 180 Å². The Balaban J connectivity index is 1.62. The number of benzene rings is 1. The van der Waals surface area contributed by atoms with Crippen molar-refractivity contribution in [3.8, 4) is 11.5 Å². The molecule has 3 rings (SSSR count). The van der Waals surface area contributed by atoms with Crippen LogP contribution in [0, 0.1) is 0 Å². The normalized spacial score (nSPS) is 16.1. The maximum absolute atomic E-state index is 12.9. The molecule has 1 aromatic carbocycles. The second-order valence-corrected chi connectivity index (χ2v) is 9.00. The van der Waals surface area contributed by atoms with Crippen LogP contribution >= 0.6 is 23.1 Å². The van der Waals surface area contributed by atoms with Crippen molar-refractivity contribution in [2.24, 2.45) is 0 Å². The molecule has 29 heavy (non-hydrogen) atoms. The minimum atomic E-state index is 0.00819. The van der Waals surface area contributed by atoms with Crippen molar-refractivity contribution in [3.63, 3.8) is 0 Å². The molecule has 0 spiro atoms. The molecule has 0 radical (unpaired) electrons. The van der Waals surface area contributed by atoms with E-state index in [0.29, 0.717) is 5.75 Å². The summed E-state index contributed by atoms with van der Waals surface area (Å²) < 4.78 is 11.7. The number of hydrogen-bond acceptors (Lipinski definition) is 8. The Hall–Kier alpha value is -2.00. The van der Waals surface area contributed by atoms with Gasteiger partial charge in [-0.15, -0.1) is 10.2 Å². The van der Waals surface area contributed by atoms with E-state index in [4.69, 9.17) is 9.47 Å². The predicted octanol–water partition coefficient (Wildman–Crippen LogP) is 4.22. The highest BCUT2D eigenvalue weighted by molar-refractivity contribution is 8.01. The number of methoxy groups -OCH3 is 2. The maximum Gasteiger partial charge on any atom is 0.233 e. The van der Waals surface area contributed by atoms with E-state index in [0.717, 1.165) is 65.3 Å². The van der Waals surface area contributed by atoms with E-state index in [-0.39, 0.29) is 11.9 Å². The molecule has 0 bridgehead atoms. The molecule has 2 aromatic rings. The smallest absolute Gasteiger partial charge is 0.233 e. The van der Waals surface area contributed by atoms with Crippen LogP contribution in [0.3, 0.4) is 0 Å². The topological polar surface area (TPSA) is 76.6 Å². The maximum atomic E-state index is 12.9. The van der Waals surface area contributed by atoms with Gasteiger partial charge in [-0.1, -0.05) is 36.4 Å². The average Bonchev–Trinajstić information content (AvgIpc) is 3.41. The van der Waals surface area contributed by atoms with Crippen molar-refractivity contribution in [2.45, 2.75) is 43.0 Å². The van der Waals surface area contributed by atoms with Crippen LogP contribution in [0.5, 0.6) is 11.5 Å². The lowest BCUT2D eigenvalue weighted by molar-refractivity contribution is -0.129. The SMILES string of the molecule is CCCCNc1nnc(SCC(=O)N2CCCC2c2cc(OC)ccc2OC)s1. The first kappa shape index (κ1) is 21.7. The minimum Gasteiger partial charge on any atom is -0.497 e. The zero-order valence-corrected chi connectivity index (χ0v) is 18.8. The number of anilines is 1. The van der Waals surface area contributed by atoms with Crippen LogP contribution in [0.1, 0.15) is 44.2 Å². The van der Waals surface area contributed by atoms with Crippen LogP contribution in [0.4, 0.5) is 5.13 Å². The van der Waals surface area contributed by atoms with Gasteiger partial charge in [0.2, 0.25) is 11.0 Å². The molecule has 0 saturated carbocycles. The predicted molar refractivity (Wildman–Crippen MR) is 117 cm³/mol. The zero-order chi connectivity index (χ0) is 20.6. The Bertz CT molecular complexity index is 815. The van der Waals surface area contributed by atoms with Gasteiger partial charge in [0.15, 0.2) is 4.34 Å². The number of rotatable bonds is 10. The molecule has 7 nitrogen and oxygen atoms in total. The summed E-state index contributed by atoms with van der Waals surface area (Å²) in [6.07, 6.45) is 4.14. The lowest BCUT2D eigenvalue weighted by atomic mass is 10.0. The Morgan fingerprint density at radius 1 is 1.34 bits per heavy atom. The third kappa shape index (κ3) is 5.54. The number of carbonyl (C=O) groups is 1. The van der Waals surface area contributed by atoms with Gasteiger partial charge >= 0.3 is 0 Å². The highest BCUT2D eigenvalue weighted by Crippen LogP contribution is 2.39.